The molecule has 2 aromatic heterocycles. The molecule has 0 atom stereocenters. The van der Waals surface area contributed by atoms with E-state index in [1.165, 1.54) is 6.20 Å². The Kier molecular flexibility index (Phi) is 2.04. The number of ketones is 1. The summed E-state index contributed by atoms with van der Waals surface area (Å²) >= 11 is 1.01. The van der Waals surface area contributed by atoms with Gasteiger partial charge < -0.3 is 4.42 Å². The quantitative estimate of drug-likeness (QED) is 0.635. The van der Waals surface area contributed by atoms with Crippen molar-refractivity contribution in [2.24, 2.45) is 0 Å². The van der Waals surface area contributed by atoms with Gasteiger partial charge in [-0.3, -0.25) is 4.79 Å². The zero-order valence-electron chi connectivity index (χ0n) is 8.08. The van der Waals surface area contributed by atoms with Crippen molar-refractivity contribution in [3.05, 3.63) is 48.0 Å². The van der Waals surface area contributed by atoms with Crippen LogP contribution in [0.5, 0.6) is 0 Å². The second-order valence-electron chi connectivity index (χ2n) is 3.27. The van der Waals surface area contributed by atoms with Gasteiger partial charge in [0.2, 0.25) is 5.78 Å². The highest BCUT2D eigenvalue weighted by molar-refractivity contribution is 6.99. The Labute approximate surface area is 94.9 Å². The van der Waals surface area contributed by atoms with Gasteiger partial charge in [0.05, 0.1) is 17.9 Å². The van der Waals surface area contributed by atoms with E-state index in [1.54, 1.807) is 6.07 Å². The van der Waals surface area contributed by atoms with Gasteiger partial charge in [-0.1, -0.05) is 18.2 Å². The number of carbonyl (C=O) groups is 1. The monoisotopic (exact) mass is 230 g/mol. The summed E-state index contributed by atoms with van der Waals surface area (Å²) in [5, 5.41) is 0.911. The maximum Gasteiger partial charge on any atom is 0.249 e. The number of benzene rings is 1. The van der Waals surface area contributed by atoms with Crippen molar-refractivity contribution >= 4 is 28.5 Å². The highest BCUT2D eigenvalue weighted by atomic mass is 32.1. The molecule has 0 N–H and O–H groups in total. The molecule has 0 radical (unpaired) electrons. The van der Waals surface area contributed by atoms with Crippen LogP contribution in [0.15, 0.2) is 40.9 Å². The van der Waals surface area contributed by atoms with Crippen molar-refractivity contribution in [2.45, 2.75) is 0 Å². The number of hydrogen-bond donors (Lipinski definition) is 0. The largest absolute Gasteiger partial charge is 0.453 e. The van der Waals surface area contributed by atoms with Crippen LogP contribution in [0.1, 0.15) is 16.2 Å². The Hall–Kier alpha value is -2.01. The van der Waals surface area contributed by atoms with E-state index < -0.39 is 0 Å². The first-order valence-electron chi connectivity index (χ1n) is 4.65. The van der Waals surface area contributed by atoms with E-state index in [1.807, 2.05) is 24.3 Å². The van der Waals surface area contributed by atoms with Crippen LogP contribution < -0.4 is 0 Å². The van der Waals surface area contributed by atoms with Gasteiger partial charge in [-0.05, 0) is 12.1 Å². The molecular formula is C11H6N2O2S. The summed E-state index contributed by atoms with van der Waals surface area (Å²) in [6.07, 6.45) is 1.44. The van der Waals surface area contributed by atoms with Gasteiger partial charge in [0.1, 0.15) is 11.3 Å². The lowest BCUT2D eigenvalue weighted by atomic mass is 10.2. The van der Waals surface area contributed by atoms with E-state index >= 15 is 0 Å². The van der Waals surface area contributed by atoms with Crippen molar-refractivity contribution in [1.82, 2.24) is 8.75 Å². The summed E-state index contributed by atoms with van der Waals surface area (Å²) in [6.45, 7) is 0. The van der Waals surface area contributed by atoms with Crippen LogP contribution in [0.2, 0.25) is 0 Å². The molecule has 2 heterocycles. The lowest BCUT2D eigenvalue weighted by molar-refractivity contribution is 0.101. The zero-order valence-corrected chi connectivity index (χ0v) is 8.90. The maximum absolute atomic E-state index is 11.9. The Morgan fingerprint density at radius 2 is 2.19 bits per heavy atom. The van der Waals surface area contributed by atoms with E-state index in [2.05, 4.69) is 8.75 Å². The number of furan rings is 1. The second-order valence-corrected chi connectivity index (χ2v) is 3.83. The zero-order chi connectivity index (χ0) is 11.0. The van der Waals surface area contributed by atoms with Gasteiger partial charge in [-0.2, -0.15) is 8.75 Å². The molecule has 0 aliphatic rings. The summed E-state index contributed by atoms with van der Waals surface area (Å²) in [4.78, 5) is 11.9. The van der Waals surface area contributed by atoms with Crippen molar-refractivity contribution in [3.8, 4) is 0 Å². The standard InChI is InChI=1S/C11H6N2O2S/c14-11(8-6-12-16-13-8)10-5-7-3-1-2-4-9(7)15-10/h1-6H. The lowest BCUT2D eigenvalue weighted by Crippen LogP contribution is -1.98. The minimum Gasteiger partial charge on any atom is -0.453 e. The number of para-hydroxylation sites is 1. The molecule has 1 aromatic carbocycles. The molecule has 0 spiro atoms. The molecule has 4 nitrogen and oxygen atoms in total. The summed E-state index contributed by atoms with van der Waals surface area (Å²) in [5.74, 6) is 0.0684. The first kappa shape index (κ1) is 9.23. The summed E-state index contributed by atoms with van der Waals surface area (Å²) in [7, 11) is 0. The van der Waals surface area contributed by atoms with Crippen molar-refractivity contribution < 1.29 is 9.21 Å². The Morgan fingerprint density at radius 1 is 1.31 bits per heavy atom. The highest BCUT2D eigenvalue weighted by Gasteiger charge is 2.16. The van der Waals surface area contributed by atoms with Crippen LogP contribution in [0.3, 0.4) is 0 Å². The third-order valence-corrected chi connectivity index (χ3v) is 2.72. The molecule has 78 valence electrons. The fourth-order valence-electron chi connectivity index (χ4n) is 1.48. The first-order valence-corrected chi connectivity index (χ1v) is 5.38. The average Bonchev–Trinajstić information content (AvgIpc) is 2.97. The smallest absolute Gasteiger partial charge is 0.249 e. The van der Waals surface area contributed by atoms with Crippen LogP contribution >= 0.6 is 11.7 Å². The summed E-state index contributed by atoms with van der Waals surface area (Å²) in [5.41, 5.74) is 1.03. The topological polar surface area (TPSA) is 56.0 Å². The molecule has 0 fully saturated rings. The Balaban J connectivity index is 2.10. The molecule has 5 heteroatoms. The number of carbonyl (C=O) groups excluding carboxylic acids is 1. The second kappa shape index (κ2) is 3.53. The van der Waals surface area contributed by atoms with Crippen LogP contribution in [-0.2, 0) is 0 Å². The fourth-order valence-corrected chi connectivity index (χ4v) is 1.90. The molecule has 3 aromatic rings. The minimum atomic E-state index is -0.232. The lowest BCUT2D eigenvalue weighted by Gasteiger charge is -1.88. The average molecular weight is 230 g/mol. The molecule has 0 aliphatic heterocycles. The molecular weight excluding hydrogens is 224 g/mol. The predicted molar refractivity (Wildman–Crippen MR) is 59.6 cm³/mol. The van der Waals surface area contributed by atoms with E-state index in [0.717, 1.165) is 17.1 Å². The van der Waals surface area contributed by atoms with Crippen LogP contribution in [0.4, 0.5) is 0 Å². The number of hydrogen-bond acceptors (Lipinski definition) is 5. The molecule has 0 unspecified atom stereocenters. The first-order chi connectivity index (χ1) is 7.84. The normalized spacial score (nSPS) is 10.8. The third-order valence-electron chi connectivity index (χ3n) is 2.24. The molecule has 0 saturated carbocycles. The van der Waals surface area contributed by atoms with Crippen LogP contribution in [-0.4, -0.2) is 14.5 Å². The minimum absolute atomic E-state index is 0.232. The van der Waals surface area contributed by atoms with Gasteiger partial charge in [0, 0.05) is 5.39 Å². The van der Waals surface area contributed by atoms with E-state index in [4.69, 9.17) is 4.42 Å². The van der Waals surface area contributed by atoms with Gasteiger partial charge in [0.25, 0.3) is 0 Å². The van der Waals surface area contributed by atoms with E-state index in [-0.39, 0.29) is 5.78 Å². The van der Waals surface area contributed by atoms with Gasteiger partial charge in [-0.25, -0.2) is 0 Å². The Bertz CT molecular complexity index is 610. The molecule has 0 saturated heterocycles. The van der Waals surface area contributed by atoms with Gasteiger partial charge in [0.15, 0.2) is 5.76 Å². The number of nitrogens with zero attached hydrogens (tertiary/aromatic N) is 2. The number of rotatable bonds is 2. The van der Waals surface area contributed by atoms with Crippen molar-refractivity contribution in [3.63, 3.8) is 0 Å². The highest BCUT2D eigenvalue weighted by Crippen LogP contribution is 2.20. The van der Waals surface area contributed by atoms with Crippen molar-refractivity contribution in [2.75, 3.05) is 0 Å². The molecule has 0 bridgehead atoms. The molecule has 16 heavy (non-hydrogen) atoms. The van der Waals surface area contributed by atoms with Gasteiger partial charge in [-0.15, -0.1) is 0 Å². The summed E-state index contributed by atoms with van der Waals surface area (Å²) < 4.78 is 13.1. The summed E-state index contributed by atoms with van der Waals surface area (Å²) in [6, 6.07) is 9.21. The van der Waals surface area contributed by atoms with Crippen LogP contribution in [0, 0.1) is 0 Å². The molecule has 0 aliphatic carbocycles. The van der Waals surface area contributed by atoms with Crippen LogP contribution in [0.25, 0.3) is 11.0 Å². The van der Waals surface area contributed by atoms with E-state index in [9.17, 15) is 4.79 Å². The number of aromatic nitrogens is 2. The SMILES string of the molecule is O=C(c1cnsn1)c1cc2ccccc2o1. The van der Waals surface area contributed by atoms with Gasteiger partial charge >= 0.3 is 0 Å². The maximum atomic E-state index is 11.9. The van der Waals surface area contributed by atoms with E-state index in [0.29, 0.717) is 17.0 Å². The predicted octanol–water partition coefficient (Wildman–Crippen LogP) is 2.52. The third kappa shape index (κ3) is 1.42. The fraction of sp³-hybridized carbons (Fsp3) is 0. The number of fused-ring (bicyclic) bond motifs is 1. The molecule has 0 amide bonds. The van der Waals surface area contributed by atoms with Crippen molar-refractivity contribution in [1.29, 1.82) is 0 Å². The molecule has 3 rings (SSSR count). The Morgan fingerprint density at radius 3 is 2.94 bits per heavy atom.